The molecule has 0 bridgehead atoms. The van der Waals surface area contributed by atoms with E-state index in [0.29, 0.717) is 17.2 Å². The normalized spacial score (nSPS) is 17.0. The van der Waals surface area contributed by atoms with Crippen molar-refractivity contribution >= 4 is 5.91 Å². The Kier molecular flexibility index (Phi) is 4.20. The lowest BCUT2D eigenvalue weighted by molar-refractivity contribution is 0.0595. The third-order valence-corrected chi connectivity index (χ3v) is 3.74. The van der Waals surface area contributed by atoms with Crippen molar-refractivity contribution in [3.05, 3.63) is 35.1 Å². The highest BCUT2D eigenvalue weighted by molar-refractivity contribution is 5.94. The van der Waals surface area contributed by atoms with Gasteiger partial charge >= 0.3 is 0 Å². The summed E-state index contributed by atoms with van der Waals surface area (Å²) in [5, 5.41) is 0. The van der Waals surface area contributed by atoms with Gasteiger partial charge in [0, 0.05) is 37.8 Å². The SMILES string of the molecule is Cc1cc(C(=O)N2CCN(C(C)C)CC2)ccc1F. The average Bonchev–Trinajstić information content (AvgIpc) is 2.41. The van der Waals surface area contributed by atoms with Gasteiger partial charge < -0.3 is 4.90 Å². The van der Waals surface area contributed by atoms with E-state index >= 15 is 0 Å². The lowest BCUT2D eigenvalue weighted by Gasteiger charge is -2.37. The molecule has 0 radical (unpaired) electrons. The van der Waals surface area contributed by atoms with Gasteiger partial charge in [0.05, 0.1) is 0 Å². The van der Waals surface area contributed by atoms with Crippen LogP contribution in [-0.2, 0) is 0 Å². The Labute approximate surface area is 114 Å². The molecule has 0 spiro atoms. The van der Waals surface area contributed by atoms with E-state index in [-0.39, 0.29) is 11.7 Å². The molecule has 1 fully saturated rings. The first-order chi connectivity index (χ1) is 8.99. The molecule has 0 atom stereocenters. The van der Waals surface area contributed by atoms with E-state index < -0.39 is 0 Å². The van der Waals surface area contributed by atoms with Gasteiger partial charge in [0.25, 0.3) is 5.91 Å². The molecule has 1 aliphatic rings. The molecule has 1 aromatic rings. The number of carbonyl (C=O) groups excluding carboxylic acids is 1. The fourth-order valence-corrected chi connectivity index (χ4v) is 2.40. The Morgan fingerprint density at radius 1 is 1.21 bits per heavy atom. The molecule has 104 valence electrons. The average molecular weight is 264 g/mol. The van der Waals surface area contributed by atoms with Crippen LogP contribution in [0.2, 0.25) is 0 Å². The van der Waals surface area contributed by atoms with E-state index in [0.717, 1.165) is 26.2 Å². The maximum absolute atomic E-state index is 13.2. The number of rotatable bonds is 2. The topological polar surface area (TPSA) is 23.6 Å². The zero-order chi connectivity index (χ0) is 14.0. The molecule has 19 heavy (non-hydrogen) atoms. The summed E-state index contributed by atoms with van der Waals surface area (Å²) in [5.74, 6) is -0.257. The molecule has 4 heteroatoms. The van der Waals surface area contributed by atoms with Crippen LogP contribution in [0.4, 0.5) is 4.39 Å². The standard InChI is InChI=1S/C15H21FN2O/c1-11(2)17-6-8-18(9-7-17)15(19)13-4-5-14(16)12(3)10-13/h4-5,10-11H,6-9H2,1-3H3. The Bertz CT molecular complexity index is 465. The number of carbonyl (C=O) groups is 1. The fourth-order valence-electron chi connectivity index (χ4n) is 2.40. The monoisotopic (exact) mass is 264 g/mol. The Balaban J connectivity index is 2.03. The van der Waals surface area contributed by atoms with Gasteiger partial charge in [0.1, 0.15) is 5.82 Å². The van der Waals surface area contributed by atoms with Gasteiger partial charge in [0.15, 0.2) is 0 Å². The number of aryl methyl sites for hydroxylation is 1. The molecule has 1 amide bonds. The number of nitrogens with zero attached hydrogens (tertiary/aromatic N) is 2. The molecule has 0 saturated carbocycles. The van der Waals surface area contributed by atoms with Crippen LogP contribution < -0.4 is 0 Å². The van der Waals surface area contributed by atoms with Crippen molar-refractivity contribution in [1.29, 1.82) is 0 Å². The summed E-state index contributed by atoms with van der Waals surface area (Å²) in [6, 6.07) is 5.09. The van der Waals surface area contributed by atoms with E-state index in [1.807, 2.05) is 4.90 Å². The summed E-state index contributed by atoms with van der Waals surface area (Å²) in [6.45, 7) is 9.32. The van der Waals surface area contributed by atoms with E-state index in [4.69, 9.17) is 0 Å². The second-order valence-electron chi connectivity index (χ2n) is 5.39. The zero-order valence-corrected chi connectivity index (χ0v) is 11.8. The summed E-state index contributed by atoms with van der Waals surface area (Å²) < 4.78 is 13.2. The van der Waals surface area contributed by atoms with Crippen LogP contribution in [0.3, 0.4) is 0 Å². The first-order valence-electron chi connectivity index (χ1n) is 6.78. The number of hydrogen-bond donors (Lipinski definition) is 0. The summed E-state index contributed by atoms with van der Waals surface area (Å²) >= 11 is 0. The maximum Gasteiger partial charge on any atom is 0.253 e. The smallest absolute Gasteiger partial charge is 0.253 e. The highest BCUT2D eigenvalue weighted by Crippen LogP contribution is 2.14. The molecular weight excluding hydrogens is 243 g/mol. The largest absolute Gasteiger partial charge is 0.336 e. The van der Waals surface area contributed by atoms with Gasteiger partial charge in [-0.05, 0) is 44.5 Å². The highest BCUT2D eigenvalue weighted by Gasteiger charge is 2.23. The van der Waals surface area contributed by atoms with Crippen LogP contribution in [0.5, 0.6) is 0 Å². The number of amides is 1. The maximum atomic E-state index is 13.2. The van der Waals surface area contributed by atoms with Crippen molar-refractivity contribution in [3.8, 4) is 0 Å². The molecular formula is C15H21FN2O. The summed E-state index contributed by atoms with van der Waals surface area (Å²) in [6.07, 6.45) is 0. The summed E-state index contributed by atoms with van der Waals surface area (Å²) in [5.41, 5.74) is 1.10. The molecule has 3 nitrogen and oxygen atoms in total. The molecule has 0 aromatic heterocycles. The molecule has 1 saturated heterocycles. The van der Waals surface area contributed by atoms with E-state index in [9.17, 15) is 9.18 Å². The van der Waals surface area contributed by atoms with Crippen LogP contribution in [0.25, 0.3) is 0 Å². The third-order valence-electron chi connectivity index (χ3n) is 3.74. The van der Waals surface area contributed by atoms with Gasteiger partial charge in [-0.3, -0.25) is 9.69 Å². The molecule has 0 unspecified atom stereocenters. The lowest BCUT2D eigenvalue weighted by Crippen LogP contribution is -2.50. The van der Waals surface area contributed by atoms with Gasteiger partial charge in [-0.1, -0.05) is 0 Å². The van der Waals surface area contributed by atoms with E-state index in [1.54, 1.807) is 19.1 Å². The zero-order valence-electron chi connectivity index (χ0n) is 11.8. The minimum Gasteiger partial charge on any atom is -0.336 e. The summed E-state index contributed by atoms with van der Waals surface area (Å²) in [4.78, 5) is 16.5. The quantitative estimate of drug-likeness (QED) is 0.818. The number of benzene rings is 1. The fraction of sp³-hybridized carbons (Fsp3) is 0.533. The second-order valence-corrected chi connectivity index (χ2v) is 5.39. The molecule has 1 heterocycles. The highest BCUT2D eigenvalue weighted by atomic mass is 19.1. The van der Waals surface area contributed by atoms with Gasteiger partial charge in [-0.2, -0.15) is 0 Å². The minimum atomic E-state index is -0.263. The molecule has 1 aliphatic heterocycles. The lowest BCUT2D eigenvalue weighted by atomic mass is 10.1. The van der Waals surface area contributed by atoms with Gasteiger partial charge in [-0.15, -0.1) is 0 Å². The Hall–Kier alpha value is -1.42. The predicted molar refractivity (Wildman–Crippen MR) is 73.7 cm³/mol. The first kappa shape index (κ1) is 14.0. The third kappa shape index (κ3) is 3.13. The van der Waals surface area contributed by atoms with Crippen molar-refractivity contribution in [2.24, 2.45) is 0 Å². The van der Waals surface area contributed by atoms with Crippen molar-refractivity contribution in [3.63, 3.8) is 0 Å². The van der Waals surface area contributed by atoms with E-state index in [2.05, 4.69) is 18.7 Å². The number of halogens is 1. The van der Waals surface area contributed by atoms with Crippen LogP contribution in [0.15, 0.2) is 18.2 Å². The first-order valence-corrected chi connectivity index (χ1v) is 6.78. The van der Waals surface area contributed by atoms with Crippen molar-refractivity contribution in [1.82, 2.24) is 9.80 Å². The summed E-state index contributed by atoms with van der Waals surface area (Å²) in [7, 11) is 0. The van der Waals surface area contributed by atoms with Gasteiger partial charge in [0.2, 0.25) is 0 Å². The van der Waals surface area contributed by atoms with Crippen LogP contribution >= 0.6 is 0 Å². The Morgan fingerprint density at radius 3 is 2.37 bits per heavy atom. The van der Waals surface area contributed by atoms with E-state index in [1.165, 1.54) is 6.07 Å². The molecule has 0 aliphatic carbocycles. The number of piperazine rings is 1. The molecule has 1 aromatic carbocycles. The predicted octanol–water partition coefficient (Wildman–Crippen LogP) is 2.30. The van der Waals surface area contributed by atoms with Crippen molar-refractivity contribution in [2.45, 2.75) is 26.8 Å². The molecule has 0 N–H and O–H groups in total. The van der Waals surface area contributed by atoms with Crippen LogP contribution in [0.1, 0.15) is 29.8 Å². The number of hydrogen-bond acceptors (Lipinski definition) is 2. The van der Waals surface area contributed by atoms with Crippen LogP contribution in [0, 0.1) is 12.7 Å². The van der Waals surface area contributed by atoms with Crippen LogP contribution in [-0.4, -0.2) is 47.9 Å². The van der Waals surface area contributed by atoms with Gasteiger partial charge in [-0.25, -0.2) is 4.39 Å². The molecule has 2 rings (SSSR count). The second kappa shape index (κ2) is 5.70. The van der Waals surface area contributed by atoms with Crippen molar-refractivity contribution < 1.29 is 9.18 Å². The minimum absolute atomic E-state index is 0.00602. The Morgan fingerprint density at radius 2 is 1.84 bits per heavy atom. The van der Waals surface area contributed by atoms with Crippen molar-refractivity contribution in [2.75, 3.05) is 26.2 Å².